The number of hydrogen-bond acceptors (Lipinski definition) is 4. The maximum Gasteiger partial charge on any atom is 0.121 e. The molecule has 0 saturated heterocycles. The van der Waals surface area contributed by atoms with Gasteiger partial charge in [0.1, 0.15) is 11.5 Å². The highest BCUT2D eigenvalue weighted by Crippen LogP contribution is 2.32. The van der Waals surface area contributed by atoms with E-state index < -0.39 is 0 Å². The third-order valence-electron chi connectivity index (χ3n) is 3.54. The van der Waals surface area contributed by atoms with Crippen molar-refractivity contribution in [3.63, 3.8) is 0 Å². The van der Waals surface area contributed by atoms with Crippen molar-refractivity contribution in [2.45, 2.75) is 12.5 Å². The molecule has 0 fully saturated rings. The van der Waals surface area contributed by atoms with Crippen molar-refractivity contribution in [2.24, 2.45) is 5.10 Å². The fourth-order valence-corrected chi connectivity index (χ4v) is 2.57. The number of ether oxygens (including phenoxy) is 1. The summed E-state index contributed by atoms with van der Waals surface area (Å²) in [5.74, 6) is 1.04. The molecule has 0 saturated carbocycles. The molecule has 2 aromatic rings. The van der Waals surface area contributed by atoms with Gasteiger partial charge in [0, 0.05) is 17.0 Å². The molecular formula is C16H15ClN2O2. The monoisotopic (exact) mass is 302 g/mol. The summed E-state index contributed by atoms with van der Waals surface area (Å²) in [5, 5.41) is 14.9. The number of rotatable bonds is 3. The molecule has 108 valence electrons. The average Bonchev–Trinajstić information content (AvgIpc) is 2.99. The Kier molecular flexibility index (Phi) is 3.71. The van der Waals surface area contributed by atoms with Crippen LogP contribution in [0.3, 0.4) is 0 Å². The van der Waals surface area contributed by atoms with Gasteiger partial charge in [0.2, 0.25) is 0 Å². The fourth-order valence-electron chi connectivity index (χ4n) is 2.39. The number of hydrogen-bond donors (Lipinski definition) is 2. The van der Waals surface area contributed by atoms with Gasteiger partial charge in [0.05, 0.1) is 18.9 Å². The van der Waals surface area contributed by atoms with Crippen LogP contribution in [0.5, 0.6) is 11.5 Å². The maximum absolute atomic E-state index is 9.95. The topological polar surface area (TPSA) is 53.8 Å². The zero-order valence-electron chi connectivity index (χ0n) is 11.5. The van der Waals surface area contributed by atoms with Crippen LogP contribution >= 0.6 is 11.6 Å². The molecule has 0 bridgehead atoms. The molecule has 1 atom stereocenters. The molecule has 1 aliphatic rings. The predicted octanol–water partition coefficient (Wildman–Crippen LogP) is 3.49. The van der Waals surface area contributed by atoms with Crippen molar-refractivity contribution in [3.8, 4) is 11.5 Å². The van der Waals surface area contributed by atoms with Gasteiger partial charge in [-0.1, -0.05) is 11.6 Å². The minimum atomic E-state index is -0.0687. The van der Waals surface area contributed by atoms with Crippen LogP contribution in [0.1, 0.15) is 23.6 Å². The summed E-state index contributed by atoms with van der Waals surface area (Å²) < 4.78 is 5.15. The van der Waals surface area contributed by atoms with Crippen LogP contribution in [0.15, 0.2) is 47.6 Å². The van der Waals surface area contributed by atoms with Gasteiger partial charge in [-0.25, -0.2) is 0 Å². The second kappa shape index (κ2) is 5.66. The standard InChI is InChI=1S/C16H15ClN2O2/c1-21-12-5-2-10(3-6-12)14-9-15(19-18-14)13-8-11(17)4-7-16(13)20/h2-8,15,19-20H,9H2,1H3/t15-/m0/s1. The number of hydrazone groups is 1. The highest BCUT2D eigenvalue weighted by atomic mass is 35.5. The van der Waals surface area contributed by atoms with Crippen LogP contribution in [0, 0.1) is 0 Å². The Morgan fingerprint density at radius 1 is 1.24 bits per heavy atom. The summed E-state index contributed by atoms with van der Waals surface area (Å²) in [7, 11) is 1.64. The van der Waals surface area contributed by atoms with E-state index in [2.05, 4.69) is 10.5 Å². The molecule has 0 radical (unpaired) electrons. The fraction of sp³-hybridized carbons (Fsp3) is 0.188. The number of phenolic OH excluding ortho intramolecular Hbond substituents is 1. The SMILES string of the molecule is COc1ccc(C2=NN[C@H](c3cc(Cl)ccc3O)C2)cc1. The van der Waals surface area contributed by atoms with Crippen LogP contribution in [0.25, 0.3) is 0 Å². The predicted molar refractivity (Wildman–Crippen MR) is 83.1 cm³/mol. The van der Waals surface area contributed by atoms with Crippen LogP contribution < -0.4 is 10.2 Å². The van der Waals surface area contributed by atoms with Crippen LogP contribution in [-0.4, -0.2) is 17.9 Å². The van der Waals surface area contributed by atoms with E-state index in [-0.39, 0.29) is 11.8 Å². The third kappa shape index (κ3) is 2.81. The first-order chi connectivity index (χ1) is 10.2. The molecule has 2 aromatic carbocycles. The Morgan fingerprint density at radius 2 is 2.00 bits per heavy atom. The molecule has 0 spiro atoms. The summed E-state index contributed by atoms with van der Waals surface area (Å²) in [6, 6.07) is 12.7. The average molecular weight is 303 g/mol. The van der Waals surface area contributed by atoms with Gasteiger partial charge >= 0.3 is 0 Å². The smallest absolute Gasteiger partial charge is 0.121 e. The second-order valence-corrected chi connectivity index (χ2v) is 5.31. The van der Waals surface area contributed by atoms with Gasteiger partial charge in [-0.3, -0.25) is 0 Å². The Balaban J connectivity index is 1.79. The number of benzene rings is 2. The van der Waals surface area contributed by atoms with E-state index >= 15 is 0 Å². The molecule has 2 N–H and O–H groups in total. The highest BCUT2D eigenvalue weighted by molar-refractivity contribution is 6.30. The summed E-state index contributed by atoms with van der Waals surface area (Å²) >= 11 is 5.99. The van der Waals surface area contributed by atoms with E-state index in [1.807, 2.05) is 24.3 Å². The molecule has 21 heavy (non-hydrogen) atoms. The van der Waals surface area contributed by atoms with E-state index in [1.54, 1.807) is 25.3 Å². The van der Waals surface area contributed by atoms with E-state index in [0.717, 1.165) is 22.6 Å². The van der Waals surface area contributed by atoms with Crippen molar-refractivity contribution in [2.75, 3.05) is 7.11 Å². The molecule has 3 rings (SSSR count). The first-order valence-corrected chi connectivity index (χ1v) is 7.00. The van der Waals surface area contributed by atoms with Crippen molar-refractivity contribution in [1.29, 1.82) is 0 Å². The summed E-state index contributed by atoms with van der Waals surface area (Å²) in [5.41, 5.74) is 5.80. The maximum atomic E-state index is 9.95. The minimum Gasteiger partial charge on any atom is -0.508 e. The molecule has 5 heteroatoms. The summed E-state index contributed by atoms with van der Waals surface area (Å²) in [4.78, 5) is 0. The molecule has 0 amide bonds. The van der Waals surface area contributed by atoms with Crippen molar-refractivity contribution < 1.29 is 9.84 Å². The largest absolute Gasteiger partial charge is 0.508 e. The Labute approximate surface area is 128 Å². The molecule has 0 aliphatic carbocycles. The number of aromatic hydroxyl groups is 1. The molecule has 4 nitrogen and oxygen atoms in total. The number of nitrogens with zero attached hydrogens (tertiary/aromatic N) is 1. The Bertz CT molecular complexity index is 683. The summed E-state index contributed by atoms with van der Waals surface area (Å²) in [6.07, 6.45) is 0.695. The zero-order valence-corrected chi connectivity index (χ0v) is 12.3. The number of nitrogens with one attached hydrogen (secondary N) is 1. The van der Waals surface area contributed by atoms with Crippen LogP contribution in [0.4, 0.5) is 0 Å². The van der Waals surface area contributed by atoms with Crippen molar-refractivity contribution in [1.82, 2.24) is 5.43 Å². The van der Waals surface area contributed by atoms with Gasteiger partial charge in [0.25, 0.3) is 0 Å². The van der Waals surface area contributed by atoms with Crippen molar-refractivity contribution in [3.05, 3.63) is 58.6 Å². The summed E-state index contributed by atoms with van der Waals surface area (Å²) in [6.45, 7) is 0. The molecule has 0 unspecified atom stereocenters. The van der Waals surface area contributed by atoms with Gasteiger partial charge < -0.3 is 15.3 Å². The Morgan fingerprint density at radius 3 is 2.71 bits per heavy atom. The number of methoxy groups -OCH3 is 1. The first-order valence-electron chi connectivity index (χ1n) is 6.62. The second-order valence-electron chi connectivity index (χ2n) is 4.88. The lowest BCUT2D eigenvalue weighted by atomic mass is 9.98. The number of phenols is 1. The Hall–Kier alpha value is -2.20. The van der Waals surface area contributed by atoms with Gasteiger partial charge in [-0.15, -0.1) is 0 Å². The van der Waals surface area contributed by atoms with E-state index in [0.29, 0.717) is 11.4 Å². The van der Waals surface area contributed by atoms with Crippen molar-refractivity contribution >= 4 is 17.3 Å². The van der Waals surface area contributed by atoms with E-state index in [4.69, 9.17) is 16.3 Å². The van der Waals surface area contributed by atoms with Gasteiger partial charge in [-0.05, 0) is 48.0 Å². The van der Waals surface area contributed by atoms with Crippen LogP contribution in [-0.2, 0) is 0 Å². The molecule has 1 aliphatic heterocycles. The molecule has 0 aromatic heterocycles. The molecular weight excluding hydrogens is 288 g/mol. The minimum absolute atomic E-state index is 0.0687. The number of halogens is 1. The lowest BCUT2D eigenvalue weighted by Crippen LogP contribution is -2.10. The molecule has 1 heterocycles. The van der Waals surface area contributed by atoms with E-state index in [1.165, 1.54) is 0 Å². The third-order valence-corrected chi connectivity index (χ3v) is 3.78. The zero-order chi connectivity index (χ0) is 14.8. The van der Waals surface area contributed by atoms with Gasteiger partial charge in [0.15, 0.2) is 0 Å². The van der Waals surface area contributed by atoms with Gasteiger partial charge in [-0.2, -0.15) is 5.10 Å². The van der Waals surface area contributed by atoms with E-state index in [9.17, 15) is 5.11 Å². The first kappa shape index (κ1) is 13.8. The van der Waals surface area contributed by atoms with Crippen LogP contribution in [0.2, 0.25) is 5.02 Å². The quantitative estimate of drug-likeness (QED) is 0.912. The normalized spacial score (nSPS) is 17.2. The highest BCUT2D eigenvalue weighted by Gasteiger charge is 2.23. The lowest BCUT2D eigenvalue weighted by molar-refractivity contribution is 0.415. The lowest BCUT2D eigenvalue weighted by Gasteiger charge is -2.12.